The number of methoxy groups -OCH3 is 1. The fourth-order valence-corrected chi connectivity index (χ4v) is 4.47. The molecule has 0 bridgehead atoms. The number of rotatable bonds is 9. The van der Waals surface area contributed by atoms with E-state index in [0.717, 1.165) is 18.1 Å². The SMILES string of the molecule is COc1ccc(CN(c2ccccn2)C(CN(C)C)(c2ccccc2)c2ccccc2)cc1. The summed E-state index contributed by atoms with van der Waals surface area (Å²) in [7, 11) is 5.96. The maximum Gasteiger partial charge on any atom is 0.129 e. The molecule has 4 aromatic rings. The molecule has 0 atom stereocenters. The molecular weight excluding hydrogens is 406 g/mol. The summed E-state index contributed by atoms with van der Waals surface area (Å²) < 4.78 is 5.38. The molecule has 0 aliphatic carbocycles. The highest BCUT2D eigenvalue weighted by Gasteiger charge is 2.41. The predicted molar refractivity (Wildman–Crippen MR) is 136 cm³/mol. The van der Waals surface area contributed by atoms with E-state index in [1.807, 2.05) is 24.4 Å². The quantitative estimate of drug-likeness (QED) is 0.341. The molecule has 0 spiro atoms. The lowest BCUT2D eigenvalue weighted by Gasteiger charge is -2.47. The van der Waals surface area contributed by atoms with Gasteiger partial charge in [-0.1, -0.05) is 78.9 Å². The molecule has 1 aromatic heterocycles. The van der Waals surface area contributed by atoms with Crippen molar-refractivity contribution in [2.45, 2.75) is 12.1 Å². The van der Waals surface area contributed by atoms with E-state index in [0.29, 0.717) is 6.54 Å². The Kier molecular flexibility index (Phi) is 7.06. The number of anilines is 1. The van der Waals surface area contributed by atoms with Crippen molar-refractivity contribution in [3.8, 4) is 5.75 Å². The van der Waals surface area contributed by atoms with Gasteiger partial charge in [0.25, 0.3) is 0 Å². The van der Waals surface area contributed by atoms with Crippen molar-refractivity contribution in [1.29, 1.82) is 0 Å². The molecule has 0 saturated carbocycles. The third kappa shape index (κ3) is 4.91. The first-order chi connectivity index (χ1) is 16.1. The lowest BCUT2D eigenvalue weighted by Crippen LogP contribution is -2.53. The summed E-state index contributed by atoms with van der Waals surface area (Å²) in [5, 5.41) is 0. The first-order valence-corrected chi connectivity index (χ1v) is 11.2. The number of aromatic nitrogens is 1. The van der Waals surface area contributed by atoms with E-state index in [1.54, 1.807) is 7.11 Å². The molecule has 4 rings (SSSR count). The van der Waals surface area contributed by atoms with Gasteiger partial charge in [0.15, 0.2) is 0 Å². The monoisotopic (exact) mass is 437 g/mol. The van der Waals surface area contributed by atoms with Crippen LogP contribution in [0.2, 0.25) is 0 Å². The van der Waals surface area contributed by atoms with Crippen molar-refractivity contribution in [2.24, 2.45) is 0 Å². The number of nitrogens with zero attached hydrogens (tertiary/aromatic N) is 3. The molecule has 0 amide bonds. The summed E-state index contributed by atoms with van der Waals surface area (Å²) in [5.41, 5.74) is 3.19. The number of pyridine rings is 1. The summed E-state index contributed by atoms with van der Waals surface area (Å²) in [6.07, 6.45) is 1.87. The second-order valence-electron chi connectivity index (χ2n) is 8.45. The minimum atomic E-state index is -0.458. The molecule has 168 valence electrons. The van der Waals surface area contributed by atoms with Crippen LogP contribution in [-0.4, -0.2) is 37.6 Å². The highest BCUT2D eigenvalue weighted by molar-refractivity contribution is 5.54. The fourth-order valence-electron chi connectivity index (χ4n) is 4.47. The van der Waals surface area contributed by atoms with Gasteiger partial charge in [0.05, 0.1) is 7.11 Å². The maximum atomic E-state index is 5.38. The molecule has 0 unspecified atom stereocenters. The van der Waals surface area contributed by atoms with Gasteiger partial charge in [0.2, 0.25) is 0 Å². The number of hydrogen-bond acceptors (Lipinski definition) is 4. The van der Waals surface area contributed by atoms with Crippen LogP contribution < -0.4 is 9.64 Å². The molecule has 0 fully saturated rings. The van der Waals surface area contributed by atoms with E-state index in [2.05, 4.69) is 109 Å². The van der Waals surface area contributed by atoms with E-state index < -0.39 is 5.54 Å². The predicted octanol–water partition coefficient (Wildman–Crippen LogP) is 5.60. The number of hydrogen-bond donors (Lipinski definition) is 0. The molecule has 0 aliphatic rings. The van der Waals surface area contributed by atoms with Crippen LogP contribution in [-0.2, 0) is 12.1 Å². The van der Waals surface area contributed by atoms with E-state index in [1.165, 1.54) is 16.7 Å². The van der Waals surface area contributed by atoms with Crippen molar-refractivity contribution in [3.63, 3.8) is 0 Å². The van der Waals surface area contributed by atoms with Crippen molar-refractivity contribution < 1.29 is 4.74 Å². The van der Waals surface area contributed by atoms with Crippen LogP contribution in [0.5, 0.6) is 5.75 Å². The Labute approximate surface area is 197 Å². The Morgan fingerprint density at radius 2 is 1.30 bits per heavy atom. The molecule has 4 nitrogen and oxygen atoms in total. The van der Waals surface area contributed by atoms with Gasteiger partial charge in [0.1, 0.15) is 17.1 Å². The molecule has 3 aromatic carbocycles. The van der Waals surface area contributed by atoms with Gasteiger partial charge in [0, 0.05) is 19.3 Å². The molecule has 33 heavy (non-hydrogen) atoms. The Morgan fingerprint density at radius 3 is 1.79 bits per heavy atom. The summed E-state index contributed by atoms with van der Waals surface area (Å²) in [5.74, 6) is 1.79. The molecule has 0 N–H and O–H groups in total. The van der Waals surface area contributed by atoms with Crippen LogP contribution in [0.15, 0.2) is 109 Å². The van der Waals surface area contributed by atoms with Gasteiger partial charge < -0.3 is 14.5 Å². The zero-order valence-electron chi connectivity index (χ0n) is 19.6. The van der Waals surface area contributed by atoms with Crippen molar-refractivity contribution in [1.82, 2.24) is 9.88 Å². The minimum Gasteiger partial charge on any atom is -0.497 e. The highest BCUT2D eigenvalue weighted by Crippen LogP contribution is 2.40. The van der Waals surface area contributed by atoms with Crippen molar-refractivity contribution >= 4 is 5.82 Å². The standard InChI is InChI=1S/C29H31N3O/c1-31(2)23-29(25-12-6-4-7-13-25,26-14-8-5-9-15-26)32(28-16-10-11-21-30-28)22-24-17-19-27(33-3)20-18-24/h4-21H,22-23H2,1-3H3. The number of likely N-dealkylation sites (N-methyl/N-ethyl adjacent to an activating group) is 1. The van der Waals surface area contributed by atoms with E-state index in [9.17, 15) is 0 Å². The normalized spacial score (nSPS) is 11.4. The van der Waals surface area contributed by atoms with Crippen LogP contribution in [0.25, 0.3) is 0 Å². The van der Waals surface area contributed by atoms with Gasteiger partial charge in [-0.15, -0.1) is 0 Å². The highest BCUT2D eigenvalue weighted by atomic mass is 16.5. The summed E-state index contributed by atoms with van der Waals surface area (Å²) in [6, 6.07) is 35.9. The average Bonchev–Trinajstić information content (AvgIpc) is 2.88. The third-order valence-electron chi connectivity index (χ3n) is 5.93. The molecular formula is C29H31N3O. The van der Waals surface area contributed by atoms with Gasteiger partial charge >= 0.3 is 0 Å². The number of benzene rings is 3. The van der Waals surface area contributed by atoms with Gasteiger partial charge in [-0.25, -0.2) is 4.98 Å². The molecule has 1 heterocycles. The Bertz CT molecular complexity index is 1070. The van der Waals surface area contributed by atoms with Crippen LogP contribution in [0, 0.1) is 0 Å². The van der Waals surface area contributed by atoms with E-state index in [4.69, 9.17) is 9.72 Å². The van der Waals surface area contributed by atoms with Crippen LogP contribution in [0.3, 0.4) is 0 Å². The summed E-state index contributed by atoms with van der Waals surface area (Å²) in [4.78, 5) is 9.50. The average molecular weight is 438 g/mol. The summed E-state index contributed by atoms with van der Waals surface area (Å²) in [6.45, 7) is 1.48. The molecule has 0 radical (unpaired) electrons. The zero-order valence-corrected chi connectivity index (χ0v) is 19.6. The Morgan fingerprint density at radius 1 is 0.727 bits per heavy atom. The first kappa shape index (κ1) is 22.6. The molecule has 0 aliphatic heterocycles. The topological polar surface area (TPSA) is 28.6 Å². The third-order valence-corrected chi connectivity index (χ3v) is 5.93. The van der Waals surface area contributed by atoms with Crippen LogP contribution in [0.1, 0.15) is 16.7 Å². The Balaban J connectivity index is 1.96. The lowest BCUT2D eigenvalue weighted by molar-refractivity contribution is 0.302. The fraction of sp³-hybridized carbons (Fsp3) is 0.207. The smallest absolute Gasteiger partial charge is 0.129 e. The molecule has 4 heteroatoms. The van der Waals surface area contributed by atoms with E-state index >= 15 is 0 Å². The number of ether oxygens (including phenoxy) is 1. The zero-order chi connectivity index (χ0) is 23.1. The van der Waals surface area contributed by atoms with Crippen LogP contribution in [0.4, 0.5) is 5.82 Å². The van der Waals surface area contributed by atoms with Gasteiger partial charge in [-0.3, -0.25) is 0 Å². The second-order valence-corrected chi connectivity index (χ2v) is 8.45. The largest absolute Gasteiger partial charge is 0.497 e. The second kappa shape index (κ2) is 10.3. The molecule has 0 saturated heterocycles. The van der Waals surface area contributed by atoms with Crippen LogP contribution >= 0.6 is 0 Å². The van der Waals surface area contributed by atoms with E-state index in [-0.39, 0.29) is 0 Å². The van der Waals surface area contributed by atoms with Gasteiger partial charge in [-0.2, -0.15) is 0 Å². The first-order valence-electron chi connectivity index (χ1n) is 11.2. The summed E-state index contributed by atoms with van der Waals surface area (Å²) >= 11 is 0. The minimum absolute atomic E-state index is 0.458. The Hall–Kier alpha value is -3.63. The maximum absolute atomic E-state index is 5.38. The van der Waals surface area contributed by atoms with Crippen molar-refractivity contribution in [2.75, 3.05) is 32.6 Å². The van der Waals surface area contributed by atoms with Gasteiger partial charge in [-0.05, 0) is 55.1 Å². The van der Waals surface area contributed by atoms with Crippen molar-refractivity contribution in [3.05, 3.63) is 126 Å². The lowest BCUT2D eigenvalue weighted by atomic mass is 9.80.